The van der Waals surface area contributed by atoms with Gasteiger partial charge in [-0.3, -0.25) is 10.1 Å². The van der Waals surface area contributed by atoms with E-state index in [1.54, 1.807) is 6.92 Å². The molecular formula is C13H25F2NO3. The van der Waals surface area contributed by atoms with Gasteiger partial charge in [-0.25, -0.2) is 8.78 Å². The van der Waals surface area contributed by atoms with Crippen LogP contribution in [0.15, 0.2) is 0 Å². The molecule has 0 radical (unpaired) electrons. The second-order valence-corrected chi connectivity index (χ2v) is 5.05. The Morgan fingerprint density at radius 3 is 2.42 bits per heavy atom. The van der Waals surface area contributed by atoms with E-state index in [4.69, 9.17) is 9.47 Å². The number of alkyl halides is 2. The number of nitrogens with one attached hydrogen (secondary N) is 1. The molecule has 114 valence electrons. The maximum absolute atomic E-state index is 11.8. The van der Waals surface area contributed by atoms with Crippen LogP contribution in [-0.2, 0) is 14.3 Å². The van der Waals surface area contributed by atoms with Gasteiger partial charge in [0.15, 0.2) is 0 Å². The lowest BCUT2D eigenvalue weighted by Crippen LogP contribution is -2.52. The van der Waals surface area contributed by atoms with Crippen molar-refractivity contribution in [3.8, 4) is 0 Å². The molecule has 6 heteroatoms. The van der Waals surface area contributed by atoms with Crippen molar-refractivity contribution in [2.24, 2.45) is 0 Å². The Morgan fingerprint density at radius 2 is 1.95 bits per heavy atom. The third kappa shape index (κ3) is 8.10. The van der Waals surface area contributed by atoms with Gasteiger partial charge in [0, 0.05) is 12.6 Å². The Bertz CT molecular complexity index is 262. The summed E-state index contributed by atoms with van der Waals surface area (Å²) in [4.78, 5) is 11.8. The number of methoxy groups -OCH3 is 1. The van der Waals surface area contributed by atoms with Crippen LogP contribution in [-0.4, -0.2) is 44.3 Å². The summed E-state index contributed by atoms with van der Waals surface area (Å²) in [6, 6.07) is 0.152. The van der Waals surface area contributed by atoms with Gasteiger partial charge in [0.25, 0.3) is 6.43 Å². The second kappa shape index (κ2) is 9.20. The lowest BCUT2D eigenvalue weighted by atomic mass is 9.94. The molecule has 0 amide bonds. The zero-order chi connectivity index (χ0) is 14.9. The van der Waals surface area contributed by atoms with Gasteiger partial charge in [-0.15, -0.1) is 0 Å². The summed E-state index contributed by atoms with van der Waals surface area (Å²) in [6.45, 7) is 5.44. The van der Waals surface area contributed by atoms with Gasteiger partial charge in [-0.05, 0) is 40.0 Å². The zero-order valence-corrected chi connectivity index (χ0v) is 12.2. The highest BCUT2D eigenvalue weighted by atomic mass is 19.3. The predicted molar refractivity (Wildman–Crippen MR) is 69.4 cm³/mol. The normalized spacial score (nSPS) is 14.7. The molecular weight excluding hydrogens is 256 g/mol. The fourth-order valence-electron chi connectivity index (χ4n) is 1.95. The van der Waals surface area contributed by atoms with E-state index >= 15 is 0 Å². The fraction of sp³-hybridized carbons (Fsp3) is 0.923. The maximum Gasteiger partial charge on any atom is 0.325 e. The molecule has 0 aromatic rings. The van der Waals surface area contributed by atoms with Crippen LogP contribution in [0.1, 0.15) is 40.0 Å². The largest absolute Gasteiger partial charge is 0.468 e. The Kier molecular flexibility index (Phi) is 8.84. The molecule has 0 fully saturated rings. The third-order valence-corrected chi connectivity index (χ3v) is 2.70. The molecule has 0 bridgehead atoms. The van der Waals surface area contributed by atoms with E-state index in [0.29, 0.717) is 19.3 Å². The van der Waals surface area contributed by atoms with Crippen LogP contribution in [0.2, 0.25) is 0 Å². The molecule has 0 aliphatic heterocycles. The molecule has 0 aliphatic carbocycles. The number of rotatable bonds is 10. The van der Waals surface area contributed by atoms with Crippen LogP contribution in [0.5, 0.6) is 0 Å². The lowest BCUT2D eigenvalue weighted by molar-refractivity contribution is -0.148. The van der Waals surface area contributed by atoms with Crippen molar-refractivity contribution in [1.82, 2.24) is 5.32 Å². The first-order valence-corrected chi connectivity index (χ1v) is 6.54. The van der Waals surface area contributed by atoms with Crippen molar-refractivity contribution >= 4 is 5.97 Å². The molecule has 19 heavy (non-hydrogen) atoms. The average Bonchev–Trinajstić information content (AvgIpc) is 2.31. The number of unbranched alkanes of at least 4 members (excludes halogenated alkanes) is 1. The molecule has 0 spiro atoms. The van der Waals surface area contributed by atoms with Crippen LogP contribution in [0.25, 0.3) is 0 Å². The Balaban J connectivity index is 4.03. The molecule has 0 aliphatic rings. The monoisotopic (exact) mass is 281 g/mol. The minimum atomic E-state index is -2.43. The molecule has 0 heterocycles. The summed E-state index contributed by atoms with van der Waals surface area (Å²) in [5.74, 6) is -0.310. The Labute approximate surface area is 113 Å². The van der Waals surface area contributed by atoms with Crippen molar-refractivity contribution in [1.29, 1.82) is 0 Å². The van der Waals surface area contributed by atoms with Crippen LogP contribution < -0.4 is 5.32 Å². The Hall–Kier alpha value is -0.750. The molecule has 0 saturated heterocycles. The van der Waals surface area contributed by atoms with Gasteiger partial charge in [-0.2, -0.15) is 0 Å². The van der Waals surface area contributed by atoms with Gasteiger partial charge in [-0.1, -0.05) is 0 Å². The average molecular weight is 281 g/mol. The highest BCUT2D eigenvalue weighted by molar-refractivity contribution is 5.80. The lowest BCUT2D eigenvalue weighted by Gasteiger charge is -2.30. The number of hydrogen-bond acceptors (Lipinski definition) is 4. The van der Waals surface area contributed by atoms with Crippen molar-refractivity contribution in [2.75, 3.05) is 20.3 Å². The van der Waals surface area contributed by atoms with Crippen molar-refractivity contribution < 1.29 is 23.0 Å². The van der Waals surface area contributed by atoms with E-state index in [1.807, 2.05) is 13.8 Å². The molecule has 0 aromatic carbocycles. The van der Waals surface area contributed by atoms with Crippen molar-refractivity contribution in [3.63, 3.8) is 0 Å². The summed E-state index contributed by atoms with van der Waals surface area (Å²) in [6.07, 6.45) is -0.508. The number of carbonyl (C=O) groups is 1. The smallest absolute Gasteiger partial charge is 0.325 e. The van der Waals surface area contributed by atoms with Crippen LogP contribution >= 0.6 is 0 Å². The molecule has 1 atom stereocenters. The molecule has 4 nitrogen and oxygen atoms in total. The molecule has 1 N–H and O–H groups in total. The highest BCUT2D eigenvalue weighted by Gasteiger charge is 2.33. The summed E-state index contributed by atoms with van der Waals surface area (Å²) < 4.78 is 33.2. The van der Waals surface area contributed by atoms with E-state index < -0.39 is 18.6 Å². The van der Waals surface area contributed by atoms with Crippen molar-refractivity contribution in [2.45, 2.75) is 58.0 Å². The Morgan fingerprint density at radius 1 is 1.32 bits per heavy atom. The predicted octanol–water partition coefficient (Wildman–Crippen LogP) is 2.37. The highest BCUT2D eigenvalue weighted by Crippen LogP contribution is 2.17. The molecule has 0 rings (SSSR count). The first-order valence-electron chi connectivity index (χ1n) is 6.54. The minimum Gasteiger partial charge on any atom is -0.468 e. The molecule has 0 saturated carbocycles. The number of hydrogen-bond donors (Lipinski definition) is 1. The summed E-state index contributed by atoms with van der Waals surface area (Å²) in [5.41, 5.74) is -0.744. The van der Waals surface area contributed by atoms with Gasteiger partial charge < -0.3 is 9.47 Å². The van der Waals surface area contributed by atoms with Gasteiger partial charge >= 0.3 is 5.97 Å². The second-order valence-electron chi connectivity index (χ2n) is 5.05. The van der Waals surface area contributed by atoms with Gasteiger partial charge in [0.1, 0.15) is 12.1 Å². The number of esters is 1. The number of carbonyl (C=O) groups excluding carboxylic acids is 1. The van der Waals surface area contributed by atoms with E-state index in [0.717, 1.165) is 0 Å². The fourth-order valence-corrected chi connectivity index (χ4v) is 1.95. The van der Waals surface area contributed by atoms with Crippen LogP contribution in [0, 0.1) is 0 Å². The topological polar surface area (TPSA) is 47.6 Å². The zero-order valence-electron chi connectivity index (χ0n) is 12.2. The minimum absolute atomic E-state index is 0.152. The van der Waals surface area contributed by atoms with Crippen LogP contribution in [0.4, 0.5) is 8.78 Å². The number of ether oxygens (including phenoxy) is 2. The van der Waals surface area contributed by atoms with Gasteiger partial charge in [0.05, 0.1) is 7.11 Å². The van der Waals surface area contributed by atoms with E-state index in [9.17, 15) is 13.6 Å². The van der Waals surface area contributed by atoms with Gasteiger partial charge in [0.2, 0.25) is 0 Å². The SMILES string of the molecule is COC(=O)C(C)(CCCCOCC(F)F)NC(C)C. The summed E-state index contributed by atoms with van der Waals surface area (Å²) in [7, 11) is 1.36. The van der Waals surface area contributed by atoms with E-state index in [-0.39, 0.29) is 18.6 Å². The third-order valence-electron chi connectivity index (χ3n) is 2.70. The number of halogens is 2. The van der Waals surface area contributed by atoms with Crippen LogP contribution in [0.3, 0.4) is 0 Å². The maximum atomic E-state index is 11.8. The summed E-state index contributed by atoms with van der Waals surface area (Å²) >= 11 is 0. The quantitative estimate of drug-likeness (QED) is 0.493. The standard InChI is InChI=1S/C13H25F2NO3/c1-10(2)16-13(3,12(17)18-4)7-5-6-8-19-9-11(14)15/h10-11,16H,5-9H2,1-4H3. The molecule has 1 unspecified atom stereocenters. The summed E-state index contributed by atoms with van der Waals surface area (Å²) in [5, 5.41) is 3.18. The van der Waals surface area contributed by atoms with E-state index in [2.05, 4.69) is 5.32 Å². The van der Waals surface area contributed by atoms with E-state index in [1.165, 1.54) is 7.11 Å². The first kappa shape index (κ1) is 18.2. The first-order chi connectivity index (χ1) is 8.81. The molecule has 0 aromatic heterocycles. The van der Waals surface area contributed by atoms with Crippen molar-refractivity contribution in [3.05, 3.63) is 0 Å².